The van der Waals surface area contributed by atoms with Crippen molar-refractivity contribution in [2.24, 2.45) is 0 Å². The van der Waals surface area contributed by atoms with Crippen molar-refractivity contribution >= 4 is 0 Å². The van der Waals surface area contributed by atoms with E-state index >= 15 is 0 Å². The van der Waals surface area contributed by atoms with Gasteiger partial charge in [0.05, 0.1) is 6.10 Å². The van der Waals surface area contributed by atoms with E-state index in [4.69, 9.17) is 9.47 Å². The van der Waals surface area contributed by atoms with E-state index < -0.39 is 0 Å². The minimum atomic E-state index is -0.384. The second kappa shape index (κ2) is 4.21. The fraction of sp³-hybridized carbons (Fsp3) is 0.500. The lowest BCUT2D eigenvalue weighted by atomic mass is 9.88. The van der Waals surface area contributed by atoms with E-state index in [2.05, 4.69) is 0 Å². The highest BCUT2D eigenvalue weighted by molar-refractivity contribution is 5.28. The SMILES string of the molecule is COC1C(O)CC1Oc1cccc(C)c1. The summed E-state index contributed by atoms with van der Waals surface area (Å²) in [6.07, 6.45) is 0.0500. The zero-order valence-corrected chi connectivity index (χ0v) is 9.01. The van der Waals surface area contributed by atoms with Gasteiger partial charge in [0, 0.05) is 13.5 Å². The molecule has 3 heteroatoms. The number of hydrogen-bond acceptors (Lipinski definition) is 3. The van der Waals surface area contributed by atoms with Gasteiger partial charge in [-0.2, -0.15) is 0 Å². The first-order valence-electron chi connectivity index (χ1n) is 5.15. The van der Waals surface area contributed by atoms with Crippen molar-refractivity contribution in [1.29, 1.82) is 0 Å². The van der Waals surface area contributed by atoms with Crippen LogP contribution in [0.3, 0.4) is 0 Å². The molecule has 3 nitrogen and oxygen atoms in total. The van der Waals surface area contributed by atoms with Gasteiger partial charge in [-0.1, -0.05) is 12.1 Å². The molecule has 1 aromatic carbocycles. The van der Waals surface area contributed by atoms with Crippen molar-refractivity contribution in [3.63, 3.8) is 0 Å². The summed E-state index contributed by atoms with van der Waals surface area (Å²) in [6.45, 7) is 2.02. The fourth-order valence-corrected chi connectivity index (χ4v) is 1.85. The Morgan fingerprint density at radius 2 is 2.20 bits per heavy atom. The first-order chi connectivity index (χ1) is 7.20. The number of aliphatic hydroxyl groups excluding tert-OH is 1. The van der Waals surface area contributed by atoms with Crippen molar-refractivity contribution in [3.05, 3.63) is 29.8 Å². The van der Waals surface area contributed by atoms with E-state index in [9.17, 15) is 5.11 Å². The van der Waals surface area contributed by atoms with E-state index in [1.54, 1.807) is 7.11 Å². The van der Waals surface area contributed by atoms with Crippen LogP contribution in [0.1, 0.15) is 12.0 Å². The Morgan fingerprint density at radius 1 is 1.40 bits per heavy atom. The predicted octanol–water partition coefficient (Wildman–Crippen LogP) is 1.52. The topological polar surface area (TPSA) is 38.7 Å². The summed E-state index contributed by atoms with van der Waals surface area (Å²) < 4.78 is 10.9. The van der Waals surface area contributed by atoms with Gasteiger partial charge in [0.25, 0.3) is 0 Å². The Morgan fingerprint density at radius 3 is 2.80 bits per heavy atom. The molecule has 2 rings (SSSR count). The highest BCUT2D eigenvalue weighted by Gasteiger charge is 2.42. The van der Waals surface area contributed by atoms with Crippen LogP contribution in [0, 0.1) is 6.92 Å². The van der Waals surface area contributed by atoms with Gasteiger partial charge in [0.1, 0.15) is 18.0 Å². The van der Waals surface area contributed by atoms with Gasteiger partial charge in [0.2, 0.25) is 0 Å². The summed E-state index contributed by atoms with van der Waals surface area (Å²) >= 11 is 0. The molecule has 3 unspecified atom stereocenters. The largest absolute Gasteiger partial charge is 0.488 e. The van der Waals surface area contributed by atoms with Gasteiger partial charge >= 0.3 is 0 Å². The normalized spacial score (nSPS) is 29.7. The maximum absolute atomic E-state index is 9.41. The van der Waals surface area contributed by atoms with Crippen LogP contribution in [-0.2, 0) is 4.74 Å². The van der Waals surface area contributed by atoms with Crippen molar-refractivity contribution in [1.82, 2.24) is 0 Å². The first-order valence-corrected chi connectivity index (χ1v) is 5.15. The Balaban J connectivity index is 1.98. The van der Waals surface area contributed by atoms with Crippen LogP contribution in [-0.4, -0.2) is 30.5 Å². The Bertz CT molecular complexity index is 337. The second-order valence-electron chi connectivity index (χ2n) is 3.98. The summed E-state index contributed by atoms with van der Waals surface area (Å²) in [6, 6.07) is 7.89. The molecule has 1 saturated carbocycles. The monoisotopic (exact) mass is 208 g/mol. The van der Waals surface area contributed by atoms with E-state index in [-0.39, 0.29) is 18.3 Å². The molecule has 15 heavy (non-hydrogen) atoms. The predicted molar refractivity (Wildman–Crippen MR) is 57.0 cm³/mol. The number of benzene rings is 1. The minimum absolute atomic E-state index is 0.0215. The quantitative estimate of drug-likeness (QED) is 0.818. The maximum Gasteiger partial charge on any atom is 0.130 e. The molecule has 0 heterocycles. The fourth-order valence-electron chi connectivity index (χ4n) is 1.85. The lowest BCUT2D eigenvalue weighted by molar-refractivity contribution is -0.149. The summed E-state index contributed by atoms with van der Waals surface area (Å²) in [5.74, 6) is 0.842. The molecule has 3 atom stereocenters. The second-order valence-corrected chi connectivity index (χ2v) is 3.98. The van der Waals surface area contributed by atoms with Crippen LogP contribution < -0.4 is 4.74 Å². The highest BCUT2D eigenvalue weighted by Crippen LogP contribution is 2.28. The first kappa shape index (κ1) is 10.5. The number of aliphatic hydroxyl groups is 1. The third kappa shape index (κ3) is 2.13. The molecule has 0 spiro atoms. The van der Waals surface area contributed by atoms with E-state index in [1.807, 2.05) is 31.2 Å². The molecular weight excluding hydrogens is 192 g/mol. The third-order valence-electron chi connectivity index (χ3n) is 2.77. The summed E-state index contributed by atoms with van der Waals surface area (Å²) in [5.41, 5.74) is 1.17. The number of aryl methyl sites for hydroxylation is 1. The van der Waals surface area contributed by atoms with E-state index in [0.29, 0.717) is 6.42 Å². The lowest BCUT2D eigenvalue weighted by Crippen LogP contribution is -2.54. The molecule has 0 amide bonds. The van der Waals surface area contributed by atoms with Gasteiger partial charge in [-0.3, -0.25) is 0 Å². The molecule has 0 saturated heterocycles. The third-order valence-corrected chi connectivity index (χ3v) is 2.77. The number of ether oxygens (including phenoxy) is 2. The van der Waals surface area contributed by atoms with E-state index in [1.165, 1.54) is 5.56 Å². The van der Waals surface area contributed by atoms with Crippen LogP contribution in [0.15, 0.2) is 24.3 Å². The van der Waals surface area contributed by atoms with Gasteiger partial charge in [0.15, 0.2) is 0 Å². The number of rotatable bonds is 3. The van der Waals surface area contributed by atoms with Gasteiger partial charge in [-0.05, 0) is 24.6 Å². The van der Waals surface area contributed by atoms with Crippen LogP contribution >= 0.6 is 0 Å². The van der Waals surface area contributed by atoms with Crippen molar-refractivity contribution in [3.8, 4) is 5.75 Å². The van der Waals surface area contributed by atoms with Crippen LogP contribution in [0.5, 0.6) is 5.75 Å². The van der Waals surface area contributed by atoms with Crippen LogP contribution in [0.25, 0.3) is 0 Å². The van der Waals surface area contributed by atoms with Gasteiger partial charge in [-0.15, -0.1) is 0 Å². The van der Waals surface area contributed by atoms with Crippen molar-refractivity contribution < 1.29 is 14.6 Å². The molecular formula is C12H16O3. The molecule has 1 aliphatic rings. The highest BCUT2D eigenvalue weighted by atomic mass is 16.6. The zero-order chi connectivity index (χ0) is 10.8. The molecule has 1 N–H and O–H groups in total. The van der Waals surface area contributed by atoms with Crippen LogP contribution in [0.2, 0.25) is 0 Å². The molecule has 0 bridgehead atoms. The average Bonchev–Trinajstić information content (AvgIpc) is 2.17. The minimum Gasteiger partial charge on any atom is -0.488 e. The Hall–Kier alpha value is -1.06. The maximum atomic E-state index is 9.41. The molecule has 82 valence electrons. The van der Waals surface area contributed by atoms with Crippen molar-refractivity contribution in [2.45, 2.75) is 31.7 Å². The Labute approximate surface area is 89.6 Å². The molecule has 1 aromatic rings. The average molecular weight is 208 g/mol. The molecule has 1 aliphatic carbocycles. The van der Waals surface area contributed by atoms with E-state index in [0.717, 1.165) is 5.75 Å². The molecule has 1 fully saturated rings. The lowest BCUT2D eigenvalue weighted by Gasteiger charge is -2.40. The summed E-state index contributed by atoms with van der Waals surface area (Å²) in [7, 11) is 1.60. The van der Waals surface area contributed by atoms with Crippen molar-refractivity contribution in [2.75, 3.05) is 7.11 Å². The summed E-state index contributed by atoms with van der Waals surface area (Å²) in [4.78, 5) is 0. The molecule has 0 radical (unpaired) electrons. The van der Waals surface area contributed by atoms with Crippen LogP contribution in [0.4, 0.5) is 0 Å². The van der Waals surface area contributed by atoms with Gasteiger partial charge < -0.3 is 14.6 Å². The standard InChI is InChI=1S/C12H16O3/c1-8-4-3-5-9(6-8)15-11-7-10(13)12(11)14-2/h3-6,10-13H,7H2,1-2H3. The molecule has 0 aromatic heterocycles. The zero-order valence-electron chi connectivity index (χ0n) is 9.01. The number of methoxy groups -OCH3 is 1. The Kier molecular flexibility index (Phi) is 2.93. The summed E-state index contributed by atoms with van der Waals surface area (Å²) in [5, 5.41) is 9.41. The molecule has 0 aliphatic heterocycles. The smallest absolute Gasteiger partial charge is 0.130 e. The number of hydrogen-bond donors (Lipinski definition) is 1. The van der Waals surface area contributed by atoms with Gasteiger partial charge in [-0.25, -0.2) is 0 Å².